The van der Waals surface area contributed by atoms with Crippen LogP contribution in [-0.4, -0.2) is 38.9 Å². The summed E-state index contributed by atoms with van der Waals surface area (Å²) < 4.78 is 13.5. The lowest BCUT2D eigenvalue weighted by atomic mass is 9.97. The molecule has 0 aliphatic carbocycles. The van der Waals surface area contributed by atoms with Gasteiger partial charge in [-0.2, -0.15) is 0 Å². The zero-order valence-electron chi connectivity index (χ0n) is 26.6. The topological polar surface area (TPSA) is 135 Å². The predicted octanol–water partition coefficient (Wildman–Crippen LogP) is 5.89. The first kappa shape index (κ1) is 32.5. The molecule has 0 spiro atoms. The van der Waals surface area contributed by atoms with Gasteiger partial charge < -0.3 is 20.9 Å². The first-order valence-electron chi connectivity index (χ1n) is 15.6. The van der Waals surface area contributed by atoms with Gasteiger partial charge in [0.1, 0.15) is 17.5 Å². The smallest absolute Gasteiger partial charge is 0.328 e. The van der Waals surface area contributed by atoms with Gasteiger partial charge in [-0.25, -0.2) is 14.8 Å². The number of benzene rings is 3. The summed E-state index contributed by atoms with van der Waals surface area (Å²) in [6.07, 6.45) is 4.92. The van der Waals surface area contributed by atoms with Crippen molar-refractivity contribution in [2.75, 3.05) is 6.54 Å². The number of nitrogens with zero attached hydrogens (tertiary/aromatic N) is 3. The summed E-state index contributed by atoms with van der Waals surface area (Å²) in [5.74, 6) is -0.0878. The first-order chi connectivity index (χ1) is 22.1. The molecule has 46 heavy (non-hydrogen) atoms. The molecular formula is C37H41N5O4. The van der Waals surface area contributed by atoms with Crippen LogP contribution in [0.15, 0.2) is 91.1 Å². The Kier molecular flexibility index (Phi) is 10.2. The molecule has 0 fully saturated rings. The molecule has 9 heteroatoms. The van der Waals surface area contributed by atoms with Gasteiger partial charge in [-0.15, -0.1) is 0 Å². The molecule has 0 bridgehead atoms. The normalized spacial score (nSPS) is 12.2. The molecule has 0 amide bonds. The number of ether oxygens (including phenoxy) is 2. The quantitative estimate of drug-likeness (QED) is 0.100. The molecular weight excluding hydrogens is 578 g/mol. The Morgan fingerprint density at radius 2 is 1.41 bits per heavy atom. The van der Waals surface area contributed by atoms with Crippen molar-refractivity contribution in [2.45, 2.75) is 58.9 Å². The van der Waals surface area contributed by atoms with Crippen LogP contribution in [-0.2, 0) is 22.4 Å². The molecule has 0 saturated heterocycles. The summed E-state index contributed by atoms with van der Waals surface area (Å²) in [6, 6.07) is 26.4. The minimum Gasteiger partial charge on any atom is -0.425 e. The van der Waals surface area contributed by atoms with E-state index in [-0.39, 0.29) is 5.97 Å². The van der Waals surface area contributed by atoms with Crippen molar-refractivity contribution in [1.82, 2.24) is 14.4 Å². The van der Waals surface area contributed by atoms with Crippen molar-refractivity contribution in [1.29, 1.82) is 0 Å². The van der Waals surface area contributed by atoms with E-state index in [1.165, 1.54) is 0 Å². The number of imidazole rings is 1. The average Bonchev–Trinajstić information content (AvgIpc) is 3.38. The van der Waals surface area contributed by atoms with Crippen LogP contribution in [0.2, 0.25) is 0 Å². The molecule has 3 aromatic carbocycles. The average molecular weight is 620 g/mol. The highest BCUT2D eigenvalue weighted by Gasteiger charge is 2.28. The Bertz CT molecular complexity index is 1780. The largest absolute Gasteiger partial charge is 0.425 e. The van der Waals surface area contributed by atoms with Crippen LogP contribution in [0.5, 0.6) is 11.6 Å². The van der Waals surface area contributed by atoms with Crippen LogP contribution in [0.25, 0.3) is 16.9 Å². The molecule has 9 nitrogen and oxygen atoms in total. The van der Waals surface area contributed by atoms with Gasteiger partial charge in [0, 0.05) is 24.6 Å². The summed E-state index contributed by atoms with van der Waals surface area (Å²) in [5, 5.41) is 0. The Hall–Kier alpha value is -4.86. The predicted molar refractivity (Wildman–Crippen MR) is 179 cm³/mol. The van der Waals surface area contributed by atoms with E-state index in [2.05, 4.69) is 0 Å². The summed E-state index contributed by atoms with van der Waals surface area (Å²) in [6.45, 7) is 6.03. The molecule has 0 aliphatic heterocycles. The van der Waals surface area contributed by atoms with Crippen LogP contribution < -0.4 is 20.9 Å². The zero-order valence-corrected chi connectivity index (χ0v) is 26.6. The molecule has 5 rings (SSSR count). The molecule has 4 N–H and O–H groups in total. The molecule has 1 atom stereocenters. The lowest BCUT2D eigenvalue weighted by Gasteiger charge is -2.17. The van der Waals surface area contributed by atoms with E-state index < -0.39 is 17.4 Å². The van der Waals surface area contributed by atoms with Crippen molar-refractivity contribution in [3.05, 3.63) is 114 Å². The lowest BCUT2D eigenvalue weighted by molar-refractivity contribution is -0.143. The van der Waals surface area contributed by atoms with Gasteiger partial charge >= 0.3 is 11.9 Å². The van der Waals surface area contributed by atoms with Gasteiger partial charge in [-0.3, -0.25) is 9.20 Å². The van der Waals surface area contributed by atoms with Crippen LogP contribution in [0.4, 0.5) is 0 Å². The molecule has 0 aliphatic rings. The van der Waals surface area contributed by atoms with Gasteiger partial charge in [0.25, 0.3) is 0 Å². The van der Waals surface area contributed by atoms with Gasteiger partial charge in [-0.05, 0) is 75.5 Å². The minimum atomic E-state index is -0.725. The van der Waals surface area contributed by atoms with Crippen molar-refractivity contribution < 1.29 is 19.1 Å². The Balaban J connectivity index is 1.55. The third-order valence-electron chi connectivity index (χ3n) is 7.57. The zero-order chi connectivity index (χ0) is 32.7. The van der Waals surface area contributed by atoms with E-state index in [1.54, 1.807) is 12.1 Å². The molecule has 2 aromatic heterocycles. The maximum Gasteiger partial charge on any atom is 0.328 e. The van der Waals surface area contributed by atoms with E-state index >= 15 is 0 Å². The minimum absolute atomic E-state index is 0.362. The number of hydrogen-bond acceptors (Lipinski definition) is 8. The van der Waals surface area contributed by atoms with E-state index in [4.69, 9.17) is 30.9 Å². The summed E-state index contributed by atoms with van der Waals surface area (Å²) in [7, 11) is 0. The maximum atomic E-state index is 13.2. The van der Waals surface area contributed by atoms with E-state index in [9.17, 15) is 9.59 Å². The highest BCUT2D eigenvalue weighted by molar-refractivity contribution is 5.79. The molecule has 2 heterocycles. The van der Waals surface area contributed by atoms with Gasteiger partial charge in [0.15, 0.2) is 5.65 Å². The molecule has 5 aromatic rings. The number of esters is 2. The molecule has 0 saturated carbocycles. The highest BCUT2D eigenvalue weighted by Crippen LogP contribution is 2.31. The number of aromatic nitrogens is 3. The second-order valence-electron chi connectivity index (χ2n) is 12.4. The molecule has 1 unspecified atom stereocenters. The number of carbonyl (C=O) groups excluding carboxylic acids is 2. The first-order valence-corrected chi connectivity index (χ1v) is 15.6. The summed E-state index contributed by atoms with van der Waals surface area (Å²) in [4.78, 5) is 35.8. The fraction of sp³-hybridized carbons (Fsp3) is 0.297. The van der Waals surface area contributed by atoms with Crippen LogP contribution >= 0.6 is 0 Å². The van der Waals surface area contributed by atoms with Crippen molar-refractivity contribution in [3.63, 3.8) is 0 Å². The van der Waals surface area contributed by atoms with Gasteiger partial charge in [0.2, 0.25) is 5.88 Å². The van der Waals surface area contributed by atoms with Crippen LogP contribution in [0.3, 0.4) is 0 Å². The second-order valence-corrected chi connectivity index (χ2v) is 12.4. The standard InChI is InChI=1S/C37H41N5O4/c1-37(2,3)36(44)46-34-31(23-26-14-8-5-9-15-26)41-33-30(22-25-12-6-4-7-13-25)40-32(24-42(33)34)27-17-19-28(20-18-27)45-35(43)29(39)16-10-11-21-38/h4-9,12-15,17-20,24,29H,10-11,16,21-23,38-39H2,1-3H3. The fourth-order valence-corrected chi connectivity index (χ4v) is 4.95. The SMILES string of the molecule is CC(C)(C)C(=O)Oc1c(Cc2ccccc2)nc2c(Cc3ccccc3)nc(-c3ccc(OC(=O)C(N)CCCCN)cc3)cn12. The highest BCUT2D eigenvalue weighted by atomic mass is 16.5. The number of rotatable bonds is 12. The number of unbranched alkanes of at least 4 members (excludes halogenated alkanes) is 1. The Labute approximate surface area is 269 Å². The van der Waals surface area contributed by atoms with Crippen molar-refractivity contribution in [3.8, 4) is 22.9 Å². The third-order valence-corrected chi connectivity index (χ3v) is 7.57. The van der Waals surface area contributed by atoms with Crippen molar-refractivity contribution in [2.24, 2.45) is 16.9 Å². The third kappa shape index (κ3) is 8.04. The maximum absolute atomic E-state index is 13.2. The fourth-order valence-electron chi connectivity index (χ4n) is 4.95. The van der Waals surface area contributed by atoms with Crippen LogP contribution in [0.1, 0.15) is 62.5 Å². The van der Waals surface area contributed by atoms with E-state index in [0.717, 1.165) is 35.2 Å². The monoisotopic (exact) mass is 619 g/mol. The van der Waals surface area contributed by atoms with Crippen molar-refractivity contribution >= 4 is 17.6 Å². The summed E-state index contributed by atoms with van der Waals surface area (Å²) in [5.41, 5.74) is 16.4. The van der Waals surface area contributed by atoms with Gasteiger partial charge in [-0.1, -0.05) is 67.1 Å². The number of nitrogens with two attached hydrogens (primary N) is 2. The number of carbonyl (C=O) groups is 2. The molecule has 0 radical (unpaired) electrons. The Morgan fingerprint density at radius 1 is 0.804 bits per heavy atom. The Morgan fingerprint density at radius 3 is 2.00 bits per heavy atom. The van der Waals surface area contributed by atoms with E-state index in [0.29, 0.717) is 54.5 Å². The number of fused-ring (bicyclic) bond motifs is 1. The summed E-state index contributed by atoms with van der Waals surface area (Å²) >= 11 is 0. The lowest BCUT2D eigenvalue weighted by Crippen LogP contribution is -2.34. The molecule has 238 valence electrons. The van der Waals surface area contributed by atoms with Crippen LogP contribution in [0, 0.1) is 5.41 Å². The number of hydrogen-bond donors (Lipinski definition) is 2. The van der Waals surface area contributed by atoms with Gasteiger partial charge in [0.05, 0.1) is 16.8 Å². The van der Waals surface area contributed by atoms with E-state index in [1.807, 2.05) is 104 Å². The second kappa shape index (κ2) is 14.5.